The van der Waals surface area contributed by atoms with Crippen molar-refractivity contribution in [3.05, 3.63) is 65.2 Å². The molecule has 0 bridgehead atoms. The maximum Gasteiger partial charge on any atom is 0.173 e. The lowest BCUT2D eigenvalue weighted by Crippen LogP contribution is -2.02. The van der Waals surface area contributed by atoms with E-state index in [4.69, 9.17) is 21.1 Å². The first kappa shape index (κ1) is 19.2. The van der Waals surface area contributed by atoms with E-state index in [2.05, 4.69) is 10.2 Å². The summed E-state index contributed by atoms with van der Waals surface area (Å²) in [6.45, 7) is 0. The predicted molar refractivity (Wildman–Crippen MR) is 107 cm³/mol. The van der Waals surface area contributed by atoms with Gasteiger partial charge in [-0.15, -0.1) is 10.2 Å². The Morgan fingerprint density at radius 1 is 0.963 bits per heavy atom. The minimum absolute atomic E-state index is 0.0161. The summed E-state index contributed by atoms with van der Waals surface area (Å²) < 4.78 is 10.6. The third-order valence-electron chi connectivity index (χ3n) is 3.84. The average molecular weight is 401 g/mol. The van der Waals surface area contributed by atoms with Gasteiger partial charge >= 0.3 is 0 Å². The van der Waals surface area contributed by atoms with Gasteiger partial charge in [0, 0.05) is 16.1 Å². The molecule has 5 nitrogen and oxygen atoms in total. The second-order valence-electron chi connectivity index (χ2n) is 5.55. The molecule has 3 rings (SSSR count). The number of rotatable bonds is 7. The Morgan fingerprint density at radius 2 is 1.70 bits per heavy atom. The monoisotopic (exact) mass is 400 g/mol. The lowest BCUT2D eigenvalue weighted by Gasteiger charge is -2.09. The van der Waals surface area contributed by atoms with E-state index in [1.54, 1.807) is 38.5 Å². The Morgan fingerprint density at radius 3 is 2.33 bits per heavy atom. The third kappa shape index (κ3) is 4.78. The van der Waals surface area contributed by atoms with E-state index < -0.39 is 0 Å². The Hall–Kier alpha value is -2.57. The van der Waals surface area contributed by atoms with Crippen molar-refractivity contribution in [1.29, 1.82) is 0 Å². The number of Topliss-reactive ketones (excluding diaryl/α,β-unsaturated/α-hetero) is 1. The highest BCUT2D eigenvalue weighted by atomic mass is 35.5. The molecule has 3 aromatic rings. The van der Waals surface area contributed by atoms with Crippen LogP contribution in [0.25, 0.3) is 11.3 Å². The number of aromatic nitrogens is 2. The van der Waals surface area contributed by atoms with Crippen molar-refractivity contribution >= 4 is 29.1 Å². The first-order valence-corrected chi connectivity index (χ1v) is 9.45. The largest absolute Gasteiger partial charge is 0.493 e. The highest BCUT2D eigenvalue weighted by molar-refractivity contribution is 7.99. The van der Waals surface area contributed by atoms with Gasteiger partial charge in [-0.05, 0) is 54.6 Å². The number of benzene rings is 2. The number of halogens is 1. The predicted octanol–water partition coefficient (Wildman–Crippen LogP) is 4.79. The highest BCUT2D eigenvalue weighted by Gasteiger charge is 2.10. The van der Waals surface area contributed by atoms with Crippen LogP contribution in [0.1, 0.15) is 10.4 Å². The van der Waals surface area contributed by atoms with E-state index in [9.17, 15) is 4.79 Å². The van der Waals surface area contributed by atoms with Crippen LogP contribution in [0.3, 0.4) is 0 Å². The zero-order chi connectivity index (χ0) is 19.2. The van der Waals surface area contributed by atoms with Crippen molar-refractivity contribution in [2.45, 2.75) is 5.03 Å². The van der Waals surface area contributed by atoms with Crippen molar-refractivity contribution in [2.75, 3.05) is 20.0 Å². The molecule has 0 aliphatic rings. The Balaban J connectivity index is 1.67. The molecule has 0 saturated heterocycles. The van der Waals surface area contributed by atoms with Gasteiger partial charge in [0.05, 0.1) is 25.7 Å². The minimum Gasteiger partial charge on any atom is -0.493 e. The summed E-state index contributed by atoms with van der Waals surface area (Å²) >= 11 is 7.19. The number of ketones is 1. The molecule has 2 aromatic carbocycles. The molecule has 0 spiro atoms. The number of hydrogen-bond acceptors (Lipinski definition) is 6. The van der Waals surface area contributed by atoms with Gasteiger partial charge in [-0.25, -0.2) is 0 Å². The highest BCUT2D eigenvalue weighted by Crippen LogP contribution is 2.31. The third-order valence-corrected chi connectivity index (χ3v) is 5.01. The smallest absolute Gasteiger partial charge is 0.173 e. The van der Waals surface area contributed by atoms with Crippen LogP contribution in [-0.2, 0) is 0 Å². The fourth-order valence-corrected chi connectivity index (χ4v) is 3.24. The molecular formula is C20H17ClN2O3S. The fraction of sp³-hybridized carbons (Fsp3) is 0.150. The van der Waals surface area contributed by atoms with Crippen molar-refractivity contribution in [2.24, 2.45) is 0 Å². The molecule has 0 aliphatic carbocycles. The standard InChI is InChI=1S/C20H17ClN2O3S/c1-25-18-9-5-14(11-19(18)26-2)16-8-10-20(23-22-16)27-12-17(24)13-3-6-15(21)7-4-13/h3-11H,12H2,1-2H3. The van der Waals surface area contributed by atoms with Crippen LogP contribution in [0, 0.1) is 0 Å². The molecule has 0 N–H and O–H groups in total. The van der Waals surface area contributed by atoms with Crippen molar-refractivity contribution < 1.29 is 14.3 Å². The Labute approximate surface area is 166 Å². The van der Waals surface area contributed by atoms with E-state index in [0.717, 1.165) is 5.56 Å². The molecule has 0 saturated carbocycles. The molecule has 0 aliphatic heterocycles. The van der Waals surface area contributed by atoms with Crippen LogP contribution in [-0.4, -0.2) is 36.0 Å². The molecule has 7 heteroatoms. The summed E-state index contributed by atoms with van der Waals surface area (Å²) in [4.78, 5) is 12.2. The van der Waals surface area contributed by atoms with Gasteiger partial charge in [0.1, 0.15) is 5.03 Å². The zero-order valence-corrected chi connectivity index (χ0v) is 16.4. The second-order valence-corrected chi connectivity index (χ2v) is 6.98. The summed E-state index contributed by atoms with van der Waals surface area (Å²) in [6, 6.07) is 16.1. The quantitative estimate of drug-likeness (QED) is 0.419. The lowest BCUT2D eigenvalue weighted by molar-refractivity contribution is 0.102. The molecule has 0 amide bonds. The lowest BCUT2D eigenvalue weighted by atomic mass is 10.1. The van der Waals surface area contributed by atoms with Crippen LogP contribution in [0.2, 0.25) is 5.02 Å². The number of nitrogens with zero attached hydrogens (tertiary/aromatic N) is 2. The van der Waals surface area contributed by atoms with Gasteiger partial charge in [0.25, 0.3) is 0 Å². The molecule has 0 radical (unpaired) electrons. The number of hydrogen-bond donors (Lipinski definition) is 0. The van der Waals surface area contributed by atoms with Crippen molar-refractivity contribution in [3.8, 4) is 22.8 Å². The van der Waals surface area contributed by atoms with E-state index in [1.165, 1.54) is 11.8 Å². The molecule has 0 unspecified atom stereocenters. The van der Waals surface area contributed by atoms with Gasteiger partial charge in [-0.2, -0.15) is 0 Å². The molecular weight excluding hydrogens is 384 g/mol. The topological polar surface area (TPSA) is 61.3 Å². The van der Waals surface area contributed by atoms with Crippen LogP contribution in [0.4, 0.5) is 0 Å². The Bertz CT molecular complexity index is 931. The van der Waals surface area contributed by atoms with Crippen LogP contribution < -0.4 is 9.47 Å². The van der Waals surface area contributed by atoms with Gasteiger partial charge in [0.2, 0.25) is 0 Å². The minimum atomic E-state index is 0.0161. The summed E-state index contributed by atoms with van der Waals surface area (Å²) in [5, 5.41) is 9.74. The molecule has 138 valence electrons. The first-order valence-electron chi connectivity index (χ1n) is 8.08. The van der Waals surface area contributed by atoms with Crippen molar-refractivity contribution in [1.82, 2.24) is 10.2 Å². The summed E-state index contributed by atoms with van der Waals surface area (Å²) in [7, 11) is 3.18. The van der Waals surface area contributed by atoms with E-state index in [-0.39, 0.29) is 11.5 Å². The van der Waals surface area contributed by atoms with Crippen LogP contribution in [0.15, 0.2) is 59.6 Å². The van der Waals surface area contributed by atoms with Gasteiger partial charge in [-0.1, -0.05) is 23.4 Å². The van der Waals surface area contributed by atoms with Gasteiger partial charge in [0.15, 0.2) is 17.3 Å². The summed E-state index contributed by atoms with van der Waals surface area (Å²) in [6.07, 6.45) is 0. The zero-order valence-electron chi connectivity index (χ0n) is 14.8. The normalized spacial score (nSPS) is 10.5. The molecule has 0 fully saturated rings. The SMILES string of the molecule is COc1ccc(-c2ccc(SCC(=O)c3ccc(Cl)cc3)nn2)cc1OC. The first-order chi connectivity index (χ1) is 13.1. The molecule has 1 heterocycles. The Kier molecular flexibility index (Phi) is 6.32. The molecule has 27 heavy (non-hydrogen) atoms. The van der Waals surface area contributed by atoms with E-state index >= 15 is 0 Å². The van der Waals surface area contributed by atoms with Gasteiger partial charge < -0.3 is 9.47 Å². The number of methoxy groups -OCH3 is 2. The second kappa shape index (κ2) is 8.88. The number of thioether (sulfide) groups is 1. The van der Waals surface area contributed by atoms with Crippen molar-refractivity contribution in [3.63, 3.8) is 0 Å². The maximum absolute atomic E-state index is 12.2. The average Bonchev–Trinajstić information content (AvgIpc) is 2.72. The van der Waals surface area contributed by atoms with E-state index in [1.807, 2.05) is 30.3 Å². The molecule has 1 aromatic heterocycles. The number of carbonyl (C=O) groups is 1. The number of ether oxygens (including phenoxy) is 2. The summed E-state index contributed by atoms with van der Waals surface area (Å²) in [5.74, 6) is 1.58. The van der Waals surface area contributed by atoms with Gasteiger partial charge in [-0.3, -0.25) is 4.79 Å². The van der Waals surface area contributed by atoms with E-state index in [0.29, 0.717) is 32.8 Å². The fourth-order valence-electron chi connectivity index (χ4n) is 2.41. The van der Waals surface area contributed by atoms with Crippen LogP contribution in [0.5, 0.6) is 11.5 Å². The maximum atomic E-state index is 12.2. The summed E-state index contributed by atoms with van der Waals surface area (Å²) in [5.41, 5.74) is 2.21. The molecule has 0 atom stereocenters. The number of carbonyl (C=O) groups excluding carboxylic acids is 1. The van der Waals surface area contributed by atoms with Crippen LogP contribution >= 0.6 is 23.4 Å².